The molecule has 0 radical (unpaired) electrons. The van der Waals surface area contributed by atoms with Crippen molar-refractivity contribution < 1.29 is 33.0 Å². The first-order valence-electron chi connectivity index (χ1n) is 9.61. The summed E-state index contributed by atoms with van der Waals surface area (Å²) in [6.45, 7) is 1.73. The molecule has 0 N–H and O–H groups in total. The standard InChI is InChI=1S/C24H20O8/c1-11-6-15(29-3)21-22(19(11)17-7-12(25)8-18(31-5)32-17)23(26)14-9-13(28-2)10-16(30-4)20(14)24(21)27/h6-10H,1-5H3. The molecule has 0 atom stereocenters. The molecule has 0 aliphatic heterocycles. The number of hydrogen-bond acceptors (Lipinski definition) is 8. The van der Waals surface area contributed by atoms with Crippen molar-refractivity contribution >= 4 is 11.6 Å². The molecule has 0 spiro atoms. The summed E-state index contributed by atoms with van der Waals surface area (Å²) in [4.78, 5) is 39.6. The van der Waals surface area contributed by atoms with E-state index in [1.54, 1.807) is 13.0 Å². The lowest BCUT2D eigenvalue weighted by Crippen LogP contribution is -2.24. The van der Waals surface area contributed by atoms with E-state index >= 15 is 0 Å². The van der Waals surface area contributed by atoms with Gasteiger partial charge < -0.3 is 23.4 Å². The van der Waals surface area contributed by atoms with Gasteiger partial charge in [-0.15, -0.1) is 0 Å². The second-order valence-electron chi connectivity index (χ2n) is 7.11. The summed E-state index contributed by atoms with van der Waals surface area (Å²) in [6.07, 6.45) is 0. The van der Waals surface area contributed by atoms with Gasteiger partial charge in [0, 0.05) is 28.8 Å². The predicted molar refractivity (Wildman–Crippen MR) is 115 cm³/mol. The Hall–Kier alpha value is -4.07. The lowest BCUT2D eigenvalue weighted by molar-refractivity contribution is 0.0974. The van der Waals surface area contributed by atoms with Gasteiger partial charge in [0.2, 0.25) is 5.78 Å². The minimum absolute atomic E-state index is 0.0187. The van der Waals surface area contributed by atoms with Gasteiger partial charge in [0.25, 0.3) is 5.95 Å². The zero-order valence-corrected chi connectivity index (χ0v) is 18.2. The molecule has 1 aromatic heterocycles. The Bertz CT molecular complexity index is 1330. The highest BCUT2D eigenvalue weighted by Gasteiger charge is 2.38. The van der Waals surface area contributed by atoms with Crippen LogP contribution in [0.1, 0.15) is 37.4 Å². The summed E-state index contributed by atoms with van der Waals surface area (Å²) in [5.74, 6) is -0.0141. The molecule has 0 saturated carbocycles. The normalized spacial score (nSPS) is 12.2. The van der Waals surface area contributed by atoms with E-state index in [1.165, 1.54) is 52.7 Å². The lowest BCUT2D eigenvalue weighted by atomic mass is 9.79. The van der Waals surface area contributed by atoms with Gasteiger partial charge in [-0.25, -0.2) is 0 Å². The summed E-state index contributed by atoms with van der Waals surface area (Å²) in [5, 5.41) is 0. The fraction of sp³-hybridized carbons (Fsp3) is 0.208. The third-order valence-electron chi connectivity index (χ3n) is 5.36. The Morgan fingerprint density at radius 2 is 1.34 bits per heavy atom. The third kappa shape index (κ3) is 3.11. The SMILES string of the molecule is COc1cc(OC)c2c(c1)C(=O)c1c(c(OC)cc(C)c1-c1cc(=O)cc(OC)o1)C2=O. The van der Waals surface area contributed by atoms with Gasteiger partial charge in [-0.3, -0.25) is 14.4 Å². The second-order valence-corrected chi connectivity index (χ2v) is 7.11. The number of carbonyl (C=O) groups excluding carboxylic acids is 2. The highest BCUT2D eigenvalue weighted by atomic mass is 16.6. The quantitative estimate of drug-likeness (QED) is 0.469. The maximum Gasteiger partial charge on any atom is 0.288 e. The van der Waals surface area contributed by atoms with Gasteiger partial charge in [0.05, 0.1) is 45.6 Å². The van der Waals surface area contributed by atoms with Crippen LogP contribution in [0, 0.1) is 6.92 Å². The van der Waals surface area contributed by atoms with Gasteiger partial charge in [0.15, 0.2) is 11.2 Å². The van der Waals surface area contributed by atoms with Crippen LogP contribution in [0.3, 0.4) is 0 Å². The largest absolute Gasteiger partial charge is 0.497 e. The number of ketones is 2. The van der Waals surface area contributed by atoms with Gasteiger partial charge >= 0.3 is 0 Å². The van der Waals surface area contributed by atoms with Crippen LogP contribution in [0.4, 0.5) is 0 Å². The minimum atomic E-state index is -0.450. The van der Waals surface area contributed by atoms with Gasteiger partial charge in [-0.1, -0.05) is 0 Å². The molecule has 1 heterocycles. The number of benzene rings is 2. The second kappa shape index (κ2) is 7.88. The van der Waals surface area contributed by atoms with Crippen molar-refractivity contribution in [2.75, 3.05) is 28.4 Å². The topological polar surface area (TPSA) is 101 Å². The van der Waals surface area contributed by atoms with E-state index in [0.717, 1.165) is 0 Å². The van der Waals surface area contributed by atoms with Crippen LogP contribution in [0.25, 0.3) is 11.3 Å². The van der Waals surface area contributed by atoms with Crippen LogP contribution < -0.4 is 24.4 Å². The molecule has 0 unspecified atom stereocenters. The summed E-state index contributed by atoms with van der Waals surface area (Å²) in [6, 6.07) is 7.09. The molecule has 2 aromatic carbocycles. The minimum Gasteiger partial charge on any atom is -0.497 e. The van der Waals surface area contributed by atoms with Crippen LogP contribution in [-0.4, -0.2) is 40.0 Å². The van der Waals surface area contributed by atoms with Crippen molar-refractivity contribution in [1.29, 1.82) is 0 Å². The molecule has 1 aliphatic carbocycles. The zero-order chi connectivity index (χ0) is 23.2. The summed E-state index contributed by atoms with van der Waals surface area (Å²) in [7, 11) is 5.64. The molecule has 4 rings (SSSR count). The van der Waals surface area contributed by atoms with Crippen LogP contribution in [0.5, 0.6) is 23.2 Å². The number of hydrogen-bond donors (Lipinski definition) is 0. The molecule has 0 fully saturated rings. The molecular weight excluding hydrogens is 416 g/mol. The first kappa shape index (κ1) is 21.2. The number of rotatable bonds is 5. The van der Waals surface area contributed by atoms with Crippen molar-refractivity contribution in [2.45, 2.75) is 6.92 Å². The Labute approximate surface area is 183 Å². The van der Waals surface area contributed by atoms with E-state index < -0.39 is 11.6 Å². The Kier molecular flexibility index (Phi) is 5.22. The third-order valence-corrected chi connectivity index (χ3v) is 5.36. The lowest BCUT2D eigenvalue weighted by Gasteiger charge is -2.25. The Balaban J connectivity index is 2.12. The first-order valence-corrected chi connectivity index (χ1v) is 9.61. The molecule has 0 amide bonds. The molecule has 8 heteroatoms. The Morgan fingerprint density at radius 1 is 0.656 bits per heavy atom. The predicted octanol–water partition coefficient (Wildman–Crippen LogP) is 3.43. The highest BCUT2D eigenvalue weighted by molar-refractivity contribution is 6.32. The molecule has 8 nitrogen and oxygen atoms in total. The fourth-order valence-corrected chi connectivity index (χ4v) is 3.94. The van der Waals surface area contributed by atoms with E-state index in [0.29, 0.717) is 16.9 Å². The van der Waals surface area contributed by atoms with Crippen LogP contribution in [0.2, 0.25) is 0 Å². The van der Waals surface area contributed by atoms with Crippen LogP contribution in [-0.2, 0) is 0 Å². The van der Waals surface area contributed by atoms with E-state index in [-0.39, 0.29) is 50.9 Å². The molecule has 3 aromatic rings. The summed E-state index contributed by atoms with van der Waals surface area (Å²) < 4.78 is 26.9. The smallest absolute Gasteiger partial charge is 0.288 e. The monoisotopic (exact) mass is 436 g/mol. The van der Waals surface area contributed by atoms with E-state index in [4.69, 9.17) is 23.4 Å². The van der Waals surface area contributed by atoms with Gasteiger partial charge in [-0.2, -0.15) is 0 Å². The number of fused-ring (bicyclic) bond motifs is 2. The number of methoxy groups -OCH3 is 4. The van der Waals surface area contributed by atoms with Crippen molar-refractivity contribution in [1.82, 2.24) is 0 Å². The van der Waals surface area contributed by atoms with E-state index in [9.17, 15) is 14.4 Å². The average Bonchev–Trinajstić information content (AvgIpc) is 2.80. The molecule has 164 valence electrons. The van der Waals surface area contributed by atoms with E-state index in [1.807, 2.05) is 0 Å². The molecule has 0 bridgehead atoms. The van der Waals surface area contributed by atoms with Crippen LogP contribution in [0.15, 0.2) is 39.5 Å². The van der Waals surface area contributed by atoms with Gasteiger partial charge in [0.1, 0.15) is 23.0 Å². The average molecular weight is 436 g/mol. The van der Waals surface area contributed by atoms with Crippen molar-refractivity contribution in [2.24, 2.45) is 0 Å². The molecule has 32 heavy (non-hydrogen) atoms. The number of carbonyl (C=O) groups is 2. The Morgan fingerprint density at radius 3 is 1.97 bits per heavy atom. The maximum atomic E-state index is 13.8. The van der Waals surface area contributed by atoms with E-state index in [2.05, 4.69) is 0 Å². The van der Waals surface area contributed by atoms with Crippen molar-refractivity contribution in [3.63, 3.8) is 0 Å². The molecule has 1 aliphatic rings. The van der Waals surface area contributed by atoms with Crippen LogP contribution >= 0.6 is 0 Å². The summed E-state index contributed by atoms with van der Waals surface area (Å²) >= 11 is 0. The van der Waals surface area contributed by atoms with Crippen molar-refractivity contribution in [3.05, 3.63) is 68.4 Å². The number of aryl methyl sites for hydroxylation is 1. The van der Waals surface area contributed by atoms with Crippen molar-refractivity contribution in [3.8, 4) is 34.5 Å². The first-order chi connectivity index (χ1) is 15.3. The molecular formula is C24H20O8. The van der Waals surface area contributed by atoms with Gasteiger partial charge in [-0.05, 0) is 24.6 Å². The zero-order valence-electron chi connectivity index (χ0n) is 18.2. The number of ether oxygens (including phenoxy) is 4. The highest BCUT2D eigenvalue weighted by Crippen LogP contribution is 2.44. The maximum absolute atomic E-state index is 13.8. The molecule has 0 saturated heterocycles. The summed E-state index contributed by atoms with van der Waals surface area (Å²) in [5.41, 5.74) is 0.902. The fourth-order valence-electron chi connectivity index (χ4n) is 3.94.